The van der Waals surface area contributed by atoms with Gasteiger partial charge in [0.2, 0.25) is 11.0 Å². The molecule has 1 aromatic carbocycles. The Hall–Kier alpha value is -2.22. The monoisotopic (exact) mass is 376 g/mol. The summed E-state index contributed by atoms with van der Waals surface area (Å²) in [6.07, 6.45) is 1.68. The molecule has 122 valence electrons. The minimum atomic E-state index is -0.132. The Morgan fingerprint density at radius 3 is 2.75 bits per heavy atom. The minimum Gasteiger partial charge on any atom is -0.316 e. The van der Waals surface area contributed by atoms with Gasteiger partial charge >= 0.3 is 0 Å². The third-order valence-electron chi connectivity index (χ3n) is 2.92. The molecule has 24 heavy (non-hydrogen) atoms. The van der Waals surface area contributed by atoms with Crippen molar-refractivity contribution in [1.29, 1.82) is 0 Å². The van der Waals surface area contributed by atoms with Crippen LogP contribution >= 0.6 is 34.3 Å². The van der Waals surface area contributed by atoms with E-state index in [0.29, 0.717) is 15.2 Å². The van der Waals surface area contributed by atoms with Gasteiger partial charge in [0.05, 0.1) is 11.1 Å². The van der Waals surface area contributed by atoms with Crippen molar-refractivity contribution < 1.29 is 4.79 Å². The minimum absolute atomic E-state index is 0.132. The second-order valence-electron chi connectivity index (χ2n) is 4.78. The van der Waals surface area contributed by atoms with Crippen molar-refractivity contribution in [3.8, 4) is 10.6 Å². The van der Waals surface area contributed by atoms with E-state index in [2.05, 4.69) is 20.8 Å². The molecular weight excluding hydrogens is 364 g/mol. The number of halogens is 1. The lowest BCUT2D eigenvalue weighted by Crippen LogP contribution is -2.04. The number of benzene rings is 1. The van der Waals surface area contributed by atoms with Crippen molar-refractivity contribution in [2.24, 2.45) is 5.10 Å². The summed E-state index contributed by atoms with van der Waals surface area (Å²) in [4.78, 5) is 16.9. The largest absolute Gasteiger partial charge is 0.316 e. The summed E-state index contributed by atoms with van der Waals surface area (Å²) in [5.41, 5.74) is 4.57. The molecule has 3 rings (SSSR count). The maximum atomic E-state index is 11.4. The Labute approximate surface area is 152 Å². The summed E-state index contributed by atoms with van der Waals surface area (Å²) in [5.74, 6) is -0.132. The normalized spacial score (nSPS) is 10.9. The first-order valence-electron chi connectivity index (χ1n) is 6.99. The number of thiophene rings is 1. The highest BCUT2D eigenvalue weighted by atomic mass is 35.5. The highest BCUT2D eigenvalue weighted by Crippen LogP contribution is 2.37. The molecule has 0 aliphatic carbocycles. The Morgan fingerprint density at radius 1 is 1.29 bits per heavy atom. The fraction of sp³-hybridized carbons (Fsp3) is 0.0625. The zero-order chi connectivity index (χ0) is 16.9. The van der Waals surface area contributed by atoms with Gasteiger partial charge in [0, 0.05) is 11.9 Å². The molecule has 0 aliphatic rings. The summed E-state index contributed by atoms with van der Waals surface area (Å²) in [7, 11) is 0. The van der Waals surface area contributed by atoms with E-state index in [9.17, 15) is 4.79 Å². The van der Waals surface area contributed by atoms with E-state index >= 15 is 0 Å². The van der Waals surface area contributed by atoms with Crippen LogP contribution in [0.1, 0.15) is 12.5 Å². The van der Waals surface area contributed by atoms with Crippen LogP contribution < -0.4 is 10.7 Å². The number of amides is 1. The molecule has 5 nitrogen and oxygen atoms in total. The van der Waals surface area contributed by atoms with Crippen LogP contribution in [0.15, 0.2) is 46.9 Å². The number of anilines is 2. The Balaban J connectivity index is 1.78. The lowest BCUT2D eigenvalue weighted by molar-refractivity contribution is -0.114. The van der Waals surface area contributed by atoms with Gasteiger partial charge in [0.15, 0.2) is 0 Å². The molecule has 2 aromatic heterocycles. The van der Waals surface area contributed by atoms with E-state index in [1.807, 2.05) is 29.6 Å². The molecule has 2 heterocycles. The highest BCUT2D eigenvalue weighted by Gasteiger charge is 2.14. The average molecular weight is 377 g/mol. The van der Waals surface area contributed by atoms with Crippen LogP contribution in [0, 0.1) is 0 Å². The van der Waals surface area contributed by atoms with E-state index in [1.54, 1.807) is 29.7 Å². The van der Waals surface area contributed by atoms with Gasteiger partial charge < -0.3 is 5.32 Å². The number of rotatable bonds is 5. The Kier molecular flexibility index (Phi) is 5.24. The van der Waals surface area contributed by atoms with Gasteiger partial charge in [-0.2, -0.15) is 5.10 Å². The smallest absolute Gasteiger partial charge is 0.221 e. The second kappa shape index (κ2) is 7.57. The van der Waals surface area contributed by atoms with Crippen molar-refractivity contribution in [2.75, 3.05) is 10.7 Å². The molecule has 1 amide bonds. The molecule has 0 fully saturated rings. The van der Waals surface area contributed by atoms with E-state index in [0.717, 1.165) is 16.1 Å². The van der Waals surface area contributed by atoms with Crippen LogP contribution in [0.25, 0.3) is 10.6 Å². The molecule has 8 heteroatoms. The predicted octanol–water partition coefficient (Wildman–Crippen LogP) is 4.93. The lowest BCUT2D eigenvalue weighted by Gasteiger charge is -1.99. The first kappa shape index (κ1) is 16.6. The molecule has 0 bridgehead atoms. The number of carbonyl (C=O) groups excluding carboxylic acids is 1. The quantitative estimate of drug-likeness (QED) is 0.490. The number of aromatic nitrogens is 1. The van der Waals surface area contributed by atoms with Crippen molar-refractivity contribution in [3.05, 3.63) is 52.4 Å². The molecular formula is C16H13ClN4OS2. The van der Waals surface area contributed by atoms with E-state index in [1.165, 1.54) is 18.3 Å². The Bertz CT molecular complexity index is 857. The van der Waals surface area contributed by atoms with Crippen molar-refractivity contribution in [2.45, 2.75) is 6.92 Å². The SMILES string of the molecule is CC(=O)Nc1sc(N/N=C\c2ccc(Cl)cc2)nc1-c1cccs1. The molecule has 2 N–H and O–H groups in total. The fourth-order valence-corrected chi connectivity index (χ4v) is 3.69. The van der Waals surface area contributed by atoms with Gasteiger partial charge in [-0.15, -0.1) is 11.3 Å². The van der Waals surface area contributed by atoms with Crippen molar-refractivity contribution >= 4 is 56.5 Å². The molecule has 0 aliphatic heterocycles. The van der Waals surface area contributed by atoms with Gasteiger partial charge in [-0.3, -0.25) is 10.2 Å². The molecule has 0 radical (unpaired) electrons. The summed E-state index contributed by atoms with van der Waals surface area (Å²) in [6, 6.07) is 11.3. The number of hydrazone groups is 1. The van der Waals surface area contributed by atoms with E-state index in [4.69, 9.17) is 11.6 Å². The zero-order valence-corrected chi connectivity index (χ0v) is 15.0. The summed E-state index contributed by atoms with van der Waals surface area (Å²) >= 11 is 8.76. The van der Waals surface area contributed by atoms with Crippen molar-refractivity contribution in [1.82, 2.24) is 4.98 Å². The lowest BCUT2D eigenvalue weighted by atomic mass is 10.2. The maximum Gasteiger partial charge on any atom is 0.221 e. The van der Waals surface area contributed by atoms with Crippen LogP contribution in [-0.2, 0) is 4.79 Å². The van der Waals surface area contributed by atoms with Crippen LogP contribution in [-0.4, -0.2) is 17.1 Å². The van der Waals surface area contributed by atoms with Crippen LogP contribution in [0.4, 0.5) is 10.1 Å². The van der Waals surface area contributed by atoms with Gasteiger partial charge in [0.25, 0.3) is 0 Å². The first-order valence-corrected chi connectivity index (χ1v) is 9.06. The molecule has 0 unspecified atom stereocenters. The van der Waals surface area contributed by atoms with Gasteiger partial charge in [-0.05, 0) is 29.1 Å². The van der Waals surface area contributed by atoms with Crippen LogP contribution in [0.3, 0.4) is 0 Å². The first-order chi connectivity index (χ1) is 11.6. The number of hydrogen-bond acceptors (Lipinski definition) is 6. The highest BCUT2D eigenvalue weighted by molar-refractivity contribution is 7.21. The summed E-state index contributed by atoms with van der Waals surface area (Å²) in [6.45, 7) is 1.48. The second-order valence-corrected chi connectivity index (χ2v) is 7.16. The molecule has 0 atom stereocenters. The van der Waals surface area contributed by atoms with Gasteiger partial charge in [0.1, 0.15) is 10.7 Å². The Morgan fingerprint density at radius 2 is 2.08 bits per heavy atom. The summed E-state index contributed by atoms with van der Waals surface area (Å²) in [5, 5.41) is 10.9. The van der Waals surface area contributed by atoms with E-state index in [-0.39, 0.29) is 5.91 Å². The third kappa shape index (κ3) is 4.19. The number of hydrogen-bond donors (Lipinski definition) is 2. The number of nitrogens with one attached hydrogen (secondary N) is 2. The van der Waals surface area contributed by atoms with Crippen molar-refractivity contribution in [3.63, 3.8) is 0 Å². The van der Waals surface area contributed by atoms with Crippen LogP contribution in [0.2, 0.25) is 5.02 Å². The standard InChI is InChI=1S/C16H13ClN4OS2/c1-10(22)19-15-14(13-3-2-8-23-13)20-16(24-15)21-18-9-11-4-6-12(17)7-5-11/h2-9H,1H3,(H,19,22)(H,20,21)/b18-9-. The molecule has 0 saturated heterocycles. The third-order valence-corrected chi connectivity index (χ3v) is 4.92. The molecule has 0 saturated carbocycles. The molecule has 3 aromatic rings. The molecule has 0 spiro atoms. The number of thiazole rings is 1. The number of nitrogens with zero attached hydrogens (tertiary/aromatic N) is 2. The van der Waals surface area contributed by atoms with Crippen LogP contribution in [0.5, 0.6) is 0 Å². The van der Waals surface area contributed by atoms with Gasteiger partial charge in [-0.25, -0.2) is 4.98 Å². The average Bonchev–Trinajstić information content (AvgIpc) is 3.18. The predicted molar refractivity (Wildman–Crippen MR) is 102 cm³/mol. The zero-order valence-electron chi connectivity index (χ0n) is 12.6. The summed E-state index contributed by atoms with van der Waals surface area (Å²) < 4.78 is 0. The van der Waals surface area contributed by atoms with Gasteiger partial charge in [-0.1, -0.05) is 41.1 Å². The van der Waals surface area contributed by atoms with E-state index < -0.39 is 0 Å². The fourth-order valence-electron chi connectivity index (χ4n) is 1.90. The number of carbonyl (C=O) groups is 1. The topological polar surface area (TPSA) is 66.4 Å². The maximum absolute atomic E-state index is 11.4.